The molecule has 1 aliphatic carbocycles. The number of hydrogen-bond donors (Lipinski definition) is 2. The van der Waals surface area contributed by atoms with Crippen molar-refractivity contribution in [1.82, 2.24) is 9.55 Å². The van der Waals surface area contributed by atoms with Crippen LogP contribution in [0.15, 0.2) is 23.0 Å². The Morgan fingerprint density at radius 3 is 2.73 bits per heavy atom. The van der Waals surface area contributed by atoms with E-state index >= 15 is 0 Å². The molecular weight excluding hydrogens is 284 g/mol. The maximum atomic E-state index is 12.2. The van der Waals surface area contributed by atoms with Crippen molar-refractivity contribution in [3.63, 3.8) is 0 Å². The molecule has 3 rings (SSSR count). The second-order valence-corrected chi connectivity index (χ2v) is 5.95. The van der Waals surface area contributed by atoms with Gasteiger partial charge in [-0.05, 0) is 43.7 Å². The number of imidazole rings is 1. The lowest BCUT2D eigenvalue weighted by Crippen LogP contribution is -2.27. The van der Waals surface area contributed by atoms with Crippen molar-refractivity contribution in [3.05, 3.63) is 28.7 Å². The normalized spacial score (nSPS) is 21.9. The summed E-state index contributed by atoms with van der Waals surface area (Å²) in [6.07, 6.45) is 3.08. The molecule has 1 fully saturated rings. The van der Waals surface area contributed by atoms with Crippen LogP contribution in [0, 0.1) is 11.8 Å². The Labute approximate surface area is 127 Å². The number of carbonyl (C=O) groups is 1. The van der Waals surface area contributed by atoms with Crippen LogP contribution in [0.25, 0.3) is 11.0 Å². The summed E-state index contributed by atoms with van der Waals surface area (Å²) in [4.78, 5) is 26.1. The SMILES string of the molecule is COc1cccc2c1[nH]c(=O)n2CC1CCC(C(=O)O)CC1. The van der Waals surface area contributed by atoms with E-state index in [0.29, 0.717) is 36.6 Å². The van der Waals surface area contributed by atoms with Crippen LogP contribution in [0.1, 0.15) is 25.7 Å². The van der Waals surface area contributed by atoms with Gasteiger partial charge in [-0.25, -0.2) is 4.79 Å². The number of carboxylic acid groups (broad SMARTS) is 1. The number of ether oxygens (including phenoxy) is 1. The first-order valence-corrected chi connectivity index (χ1v) is 7.58. The molecule has 0 radical (unpaired) electrons. The summed E-state index contributed by atoms with van der Waals surface area (Å²) in [7, 11) is 1.58. The number of para-hydroxylation sites is 1. The number of hydrogen-bond acceptors (Lipinski definition) is 3. The van der Waals surface area contributed by atoms with Gasteiger partial charge in [-0.1, -0.05) is 6.07 Å². The summed E-state index contributed by atoms with van der Waals surface area (Å²) in [6, 6.07) is 5.59. The molecule has 0 bridgehead atoms. The number of nitrogens with zero attached hydrogens (tertiary/aromatic N) is 1. The van der Waals surface area contributed by atoms with Crippen LogP contribution in [0.3, 0.4) is 0 Å². The second-order valence-electron chi connectivity index (χ2n) is 5.95. The van der Waals surface area contributed by atoms with Crippen molar-refractivity contribution in [2.45, 2.75) is 32.2 Å². The molecule has 6 heteroatoms. The summed E-state index contributed by atoms with van der Waals surface area (Å²) in [6.45, 7) is 0.623. The molecule has 0 atom stereocenters. The van der Waals surface area contributed by atoms with E-state index < -0.39 is 5.97 Å². The molecule has 0 amide bonds. The summed E-state index contributed by atoms with van der Waals surface area (Å²) in [5.74, 6) is 0.0740. The van der Waals surface area contributed by atoms with Gasteiger partial charge in [-0.2, -0.15) is 0 Å². The van der Waals surface area contributed by atoms with Crippen LogP contribution in [0.5, 0.6) is 5.75 Å². The first kappa shape index (κ1) is 14.7. The molecule has 6 nitrogen and oxygen atoms in total. The van der Waals surface area contributed by atoms with Crippen molar-refractivity contribution in [2.24, 2.45) is 11.8 Å². The molecule has 1 heterocycles. The number of methoxy groups -OCH3 is 1. The molecule has 0 saturated heterocycles. The summed E-state index contributed by atoms with van der Waals surface area (Å²) in [5.41, 5.74) is 1.42. The Morgan fingerprint density at radius 2 is 2.09 bits per heavy atom. The van der Waals surface area contributed by atoms with E-state index in [4.69, 9.17) is 9.84 Å². The highest BCUT2D eigenvalue weighted by atomic mass is 16.5. The minimum Gasteiger partial charge on any atom is -0.494 e. The zero-order valence-electron chi connectivity index (χ0n) is 12.5. The zero-order chi connectivity index (χ0) is 15.7. The maximum absolute atomic E-state index is 12.2. The van der Waals surface area contributed by atoms with Gasteiger partial charge >= 0.3 is 11.7 Å². The molecule has 118 valence electrons. The summed E-state index contributed by atoms with van der Waals surface area (Å²) in [5, 5.41) is 9.05. The number of carboxylic acids is 1. The zero-order valence-corrected chi connectivity index (χ0v) is 12.5. The van der Waals surface area contributed by atoms with Crippen LogP contribution in [-0.2, 0) is 11.3 Å². The molecule has 1 aromatic heterocycles. The van der Waals surface area contributed by atoms with Gasteiger partial charge in [0.1, 0.15) is 11.3 Å². The Balaban J connectivity index is 1.82. The van der Waals surface area contributed by atoms with E-state index in [9.17, 15) is 9.59 Å². The van der Waals surface area contributed by atoms with E-state index in [-0.39, 0.29) is 11.6 Å². The van der Waals surface area contributed by atoms with Gasteiger partial charge in [0.05, 0.1) is 18.5 Å². The van der Waals surface area contributed by atoms with Gasteiger partial charge in [0.2, 0.25) is 0 Å². The maximum Gasteiger partial charge on any atom is 0.326 e. The number of H-pyrrole nitrogens is 1. The topological polar surface area (TPSA) is 84.3 Å². The van der Waals surface area contributed by atoms with Crippen LogP contribution in [0.4, 0.5) is 0 Å². The van der Waals surface area contributed by atoms with Gasteiger partial charge in [-0.15, -0.1) is 0 Å². The average Bonchev–Trinajstić information content (AvgIpc) is 2.84. The Hall–Kier alpha value is -2.24. The highest BCUT2D eigenvalue weighted by Gasteiger charge is 2.26. The number of fused-ring (bicyclic) bond motifs is 1. The lowest BCUT2D eigenvalue weighted by molar-refractivity contribution is -0.143. The molecule has 0 spiro atoms. The second kappa shape index (κ2) is 5.87. The monoisotopic (exact) mass is 304 g/mol. The highest BCUT2D eigenvalue weighted by Crippen LogP contribution is 2.31. The fraction of sp³-hybridized carbons (Fsp3) is 0.500. The Morgan fingerprint density at radius 1 is 1.36 bits per heavy atom. The molecule has 0 aliphatic heterocycles. The van der Waals surface area contributed by atoms with Crippen LogP contribution in [0.2, 0.25) is 0 Å². The molecule has 1 aliphatic rings. The molecule has 1 aromatic carbocycles. The quantitative estimate of drug-likeness (QED) is 0.907. The molecular formula is C16H20N2O4. The van der Waals surface area contributed by atoms with Crippen molar-refractivity contribution >= 4 is 17.0 Å². The summed E-state index contributed by atoms with van der Waals surface area (Å²) < 4.78 is 7.02. The molecule has 1 saturated carbocycles. The number of benzene rings is 1. The summed E-state index contributed by atoms with van der Waals surface area (Å²) >= 11 is 0. The molecule has 22 heavy (non-hydrogen) atoms. The predicted molar refractivity (Wildman–Crippen MR) is 82.2 cm³/mol. The third-order valence-corrected chi connectivity index (χ3v) is 4.63. The number of nitrogens with one attached hydrogen (secondary N) is 1. The van der Waals surface area contributed by atoms with Gasteiger partial charge in [0.15, 0.2) is 0 Å². The van der Waals surface area contributed by atoms with Crippen LogP contribution in [-0.4, -0.2) is 27.7 Å². The van der Waals surface area contributed by atoms with Crippen LogP contribution < -0.4 is 10.4 Å². The van der Waals surface area contributed by atoms with E-state index in [0.717, 1.165) is 18.4 Å². The van der Waals surface area contributed by atoms with Crippen molar-refractivity contribution in [2.75, 3.05) is 7.11 Å². The molecule has 2 aromatic rings. The van der Waals surface area contributed by atoms with Gasteiger partial charge in [0.25, 0.3) is 0 Å². The minimum absolute atomic E-state index is 0.139. The van der Waals surface area contributed by atoms with E-state index in [1.54, 1.807) is 11.7 Å². The van der Waals surface area contributed by atoms with E-state index in [1.165, 1.54) is 0 Å². The lowest BCUT2D eigenvalue weighted by atomic mass is 9.82. The van der Waals surface area contributed by atoms with E-state index in [1.807, 2.05) is 18.2 Å². The Bertz CT molecular complexity index is 738. The van der Waals surface area contributed by atoms with E-state index in [2.05, 4.69) is 4.98 Å². The Kier molecular flexibility index (Phi) is 3.92. The van der Waals surface area contributed by atoms with Gasteiger partial charge in [0, 0.05) is 6.54 Å². The van der Waals surface area contributed by atoms with Crippen molar-refractivity contribution in [3.8, 4) is 5.75 Å². The number of rotatable bonds is 4. The highest BCUT2D eigenvalue weighted by molar-refractivity contribution is 5.81. The minimum atomic E-state index is -0.701. The van der Waals surface area contributed by atoms with Gasteiger partial charge in [-0.3, -0.25) is 9.36 Å². The third-order valence-electron chi connectivity index (χ3n) is 4.63. The number of aromatic nitrogens is 2. The average molecular weight is 304 g/mol. The lowest BCUT2D eigenvalue weighted by Gasteiger charge is -2.26. The number of aromatic amines is 1. The van der Waals surface area contributed by atoms with Crippen molar-refractivity contribution in [1.29, 1.82) is 0 Å². The standard InChI is InChI=1S/C16H20N2O4/c1-22-13-4-2-3-12-14(13)17-16(21)18(12)9-10-5-7-11(8-6-10)15(19)20/h2-4,10-11H,5-9H2,1H3,(H,17,21)(H,19,20). The largest absolute Gasteiger partial charge is 0.494 e. The smallest absolute Gasteiger partial charge is 0.326 e. The van der Waals surface area contributed by atoms with Crippen LogP contribution >= 0.6 is 0 Å². The third kappa shape index (κ3) is 2.61. The van der Waals surface area contributed by atoms with Gasteiger partial charge < -0.3 is 14.8 Å². The molecule has 2 N–H and O–H groups in total. The van der Waals surface area contributed by atoms with Crippen molar-refractivity contribution < 1.29 is 14.6 Å². The predicted octanol–water partition coefficient (Wildman–Crippen LogP) is 2.23. The molecule has 0 unspecified atom stereocenters. The first-order chi connectivity index (χ1) is 10.6. The number of aliphatic carboxylic acids is 1. The first-order valence-electron chi connectivity index (χ1n) is 7.58. The fourth-order valence-electron chi connectivity index (χ4n) is 3.36. The fourth-order valence-corrected chi connectivity index (χ4v) is 3.36.